The number of rotatable bonds is 7. The average molecular weight is 432 g/mol. The van der Waals surface area contributed by atoms with Crippen LogP contribution in [0.3, 0.4) is 0 Å². The van der Waals surface area contributed by atoms with Crippen LogP contribution in [-0.2, 0) is 13.2 Å². The zero-order valence-electron chi connectivity index (χ0n) is 15.2. The first-order chi connectivity index (χ1) is 13.6. The molecule has 0 radical (unpaired) electrons. The summed E-state index contributed by atoms with van der Waals surface area (Å²) in [5.41, 5.74) is 2.78. The van der Waals surface area contributed by atoms with E-state index in [0.29, 0.717) is 28.2 Å². The number of hydrogen-bond donors (Lipinski definition) is 1. The Balaban J connectivity index is 1.56. The Hall–Kier alpha value is -2.27. The molecule has 3 rings (SSSR count). The van der Waals surface area contributed by atoms with E-state index in [1.807, 2.05) is 54.6 Å². The molecular formula is C22H19Cl2NO2S. The van der Waals surface area contributed by atoms with Crippen LogP contribution in [0.4, 0.5) is 0 Å². The molecule has 0 aliphatic rings. The number of benzene rings is 3. The first kappa shape index (κ1) is 20.5. The molecule has 0 spiro atoms. The molecule has 0 bridgehead atoms. The van der Waals surface area contributed by atoms with Crippen LogP contribution in [0.5, 0.6) is 11.5 Å². The van der Waals surface area contributed by atoms with Crippen LogP contribution in [0.1, 0.15) is 16.7 Å². The number of methoxy groups -OCH3 is 1. The molecule has 0 aliphatic carbocycles. The van der Waals surface area contributed by atoms with Crippen LogP contribution in [0, 0.1) is 0 Å². The number of thiocarbonyl (C=S) groups is 1. The maximum absolute atomic E-state index is 6.17. The Morgan fingerprint density at radius 1 is 0.929 bits per heavy atom. The Morgan fingerprint density at radius 3 is 2.29 bits per heavy atom. The molecule has 0 atom stereocenters. The molecule has 28 heavy (non-hydrogen) atoms. The molecule has 0 saturated carbocycles. The van der Waals surface area contributed by atoms with Crippen LogP contribution < -0.4 is 14.8 Å². The topological polar surface area (TPSA) is 30.5 Å². The SMILES string of the molecule is COc1cccc(CNC(=S)c2ccc(OCc3c(Cl)cccc3Cl)cc2)c1. The fourth-order valence-corrected chi connectivity index (χ4v) is 3.31. The van der Waals surface area contributed by atoms with Gasteiger partial charge in [0, 0.05) is 27.7 Å². The molecule has 6 heteroatoms. The van der Waals surface area contributed by atoms with Crippen LogP contribution in [-0.4, -0.2) is 12.1 Å². The van der Waals surface area contributed by atoms with Gasteiger partial charge in [-0.3, -0.25) is 0 Å². The van der Waals surface area contributed by atoms with Crippen molar-refractivity contribution in [1.82, 2.24) is 5.32 Å². The fraction of sp³-hybridized carbons (Fsp3) is 0.136. The maximum Gasteiger partial charge on any atom is 0.119 e. The minimum absolute atomic E-state index is 0.302. The van der Waals surface area contributed by atoms with Crippen molar-refractivity contribution in [2.45, 2.75) is 13.2 Å². The van der Waals surface area contributed by atoms with Crippen LogP contribution >= 0.6 is 35.4 Å². The molecule has 0 aliphatic heterocycles. The summed E-state index contributed by atoms with van der Waals surface area (Å²) in [6.45, 7) is 0.926. The van der Waals surface area contributed by atoms with Gasteiger partial charge in [-0.05, 0) is 54.1 Å². The van der Waals surface area contributed by atoms with Crippen LogP contribution in [0.25, 0.3) is 0 Å². The Labute approximate surface area is 180 Å². The van der Waals surface area contributed by atoms with Gasteiger partial charge < -0.3 is 14.8 Å². The molecule has 0 fully saturated rings. The van der Waals surface area contributed by atoms with E-state index < -0.39 is 0 Å². The minimum Gasteiger partial charge on any atom is -0.497 e. The van der Waals surface area contributed by atoms with E-state index in [0.717, 1.165) is 28.2 Å². The van der Waals surface area contributed by atoms with Crippen molar-refractivity contribution in [1.29, 1.82) is 0 Å². The van der Waals surface area contributed by atoms with Crippen molar-refractivity contribution in [2.24, 2.45) is 0 Å². The van der Waals surface area contributed by atoms with Gasteiger partial charge in [0.1, 0.15) is 23.1 Å². The monoisotopic (exact) mass is 431 g/mol. The summed E-state index contributed by atoms with van der Waals surface area (Å²) in [6.07, 6.45) is 0. The van der Waals surface area contributed by atoms with E-state index in [2.05, 4.69) is 5.32 Å². The molecule has 0 aromatic heterocycles. The molecule has 0 saturated heterocycles. The largest absolute Gasteiger partial charge is 0.497 e. The van der Waals surface area contributed by atoms with E-state index in [4.69, 9.17) is 44.9 Å². The van der Waals surface area contributed by atoms with Crippen LogP contribution in [0.15, 0.2) is 66.7 Å². The molecule has 3 aromatic carbocycles. The molecule has 3 nitrogen and oxygen atoms in total. The normalized spacial score (nSPS) is 10.4. The van der Waals surface area contributed by atoms with Gasteiger partial charge in [0.2, 0.25) is 0 Å². The number of nitrogens with one attached hydrogen (secondary N) is 1. The van der Waals surface area contributed by atoms with Crippen molar-refractivity contribution in [2.75, 3.05) is 7.11 Å². The minimum atomic E-state index is 0.302. The van der Waals surface area contributed by atoms with E-state index in [1.54, 1.807) is 19.2 Å². The third-order valence-corrected chi connectivity index (χ3v) is 5.24. The second kappa shape index (κ2) is 9.78. The summed E-state index contributed by atoms with van der Waals surface area (Å²) in [4.78, 5) is 0.670. The van der Waals surface area contributed by atoms with Crippen molar-refractivity contribution in [3.8, 4) is 11.5 Å². The third kappa shape index (κ3) is 5.38. The van der Waals surface area contributed by atoms with Gasteiger partial charge in [0.25, 0.3) is 0 Å². The first-order valence-corrected chi connectivity index (χ1v) is 9.80. The molecule has 0 amide bonds. The molecular weight excluding hydrogens is 413 g/mol. The molecule has 0 unspecified atom stereocenters. The van der Waals surface area contributed by atoms with Crippen molar-refractivity contribution in [3.63, 3.8) is 0 Å². The summed E-state index contributed by atoms with van der Waals surface area (Å²) in [5, 5.41) is 4.44. The van der Waals surface area contributed by atoms with E-state index >= 15 is 0 Å². The van der Waals surface area contributed by atoms with E-state index in [1.165, 1.54) is 0 Å². The van der Waals surface area contributed by atoms with Crippen molar-refractivity contribution < 1.29 is 9.47 Å². The lowest BCUT2D eigenvalue weighted by Crippen LogP contribution is -2.21. The highest BCUT2D eigenvalue weighted by molar-refractivity contribution is 7.80. The summed E-state index contributed by atoms with van der Waals surface area (Å²) in [6, 6.07) is 20.9. The standard InChI is InChI=1S/C22H19Cl2NO2S/c1-26-18-5-2-4-15(12-18)13-25-22(28)16-8-10-17(11-9-16)27-14-19-20(23)6-3-7-21(19)24/h2-12H,13-14H2,1H3,(H,25,28). The lowest BCUT2D eigenvalue weighted by Gasteiger charge is -2.11. The van der Waals surface area contributed by atoms with E-state index in [-0.39, 0.29) is 0 Å². The Bertz CT molecular complexity index is 941. The molecule has 1 N–H and O–H groups in total. The highest BCUT2D eigenvalue weighted by Gasteiger charge is 2.07. The van der Waals surface area contributed by atoms with Crippen molar-refractivity contribution >= 4 is 40.4 Å². The number of hydrogen-bond acceptors (Lipinski definition) is 3. The first-order valence-electron chi connectivity index (χ1n) is 8.63. The van der Waals surface area contributed by atoms with Gasteiger partial charge in [0.15, 0.2) is 0 Å². The number of ether oxygens (including phenoxy) is 2. The predicted molar refractivity (Wildman–Crippen MR) is 119 cm³/mol. The zero-order chi connectivity index (χ0) is 19.9. The van der Waals surface area contributed by atoms with Gasteiger partial charge in [-0.15, -0.1) is 0 Å². The zero-order valence-corrected chi connectivity index (χ0v) is 17.6. The van der Waals surface area contributed by atoms with Crippen LogP contribution in [0.2, 0.25) is 10.0 Å². The lowest BCUT2D eigenvalue weighted by atomic mass is 10.2. The summed E-state index contributed by atoms with van der Waals surface area (Å²) in [7, 11) is 1.65. The van der Waals surface area contributed by atoms with E-state index in [9.17, 15) is 0 Å². The Kier molecular flexibility index (Phi) is 7.15. The summed E-state index contributed by atoms with van der Waals surface area (Å²) in [5.74, 6) is 1.54. The van der Waals surface area contributed by atoms with Gasteiger partial charge in [0.05, 0.1) is 7.11 Å². The highest BCUT2D eigenvalue weighted by Crippen LogP contribution is 2.26. The average Bonchev–Trinajstić information content (AvgIpc) is 2.72. The predicted octanol–water partition coefficient (Wildman–Crippen LogP) is 6.05. The molecule has 3 aromatic rings. The molecule has 144 valence electrons. The second-order valence-electron chi connectivity index (χ2n) is 6.05. The quantitative estimate of drug-likeness (QED) is 0.461. The van der Waals surface area contributed by atoms with Gasteiger partial charge in [-0.1, -0.05) is 53.6 Å². The van der Waals surface area contributed by atoms with Gasteiger partial charge in [-0.2, -0.15) is 0 Å². The van der Waals surface area contributed by atoms with Gasteiger partial charge >= 0.3 is 0 Å². The second-order valence-corrected chi connectivity index (χ2v) is 7.27. The Morgan fingerprint density at radius 2 is 1.61 bits per heavy atom. The maximum atomic E-state index is 6.17. The summed E-state index contributed by atoms with van der Waals surface area (Å²) < 4.78 is 11.0. The highest BCUT2D eigenvalue weighted by atomic mass is 35.5. The third-order valence-electron chi connectivity index (χ3n) is 4.15. The fourth-order valence-electron chi connectivity index (χ4n) is 2.60. The van der Waals surface area contributed by atoms with Crippen molar-refractivity contribution in [3.05, 3.63) is 93.5 Å². The number of halogens is 2. The molecule has 0 heterocycles. The lowest BCUT2D eigenvalue weighted by molar-refractivity contribution is 0.306. The van der Waals surface area contributed by atoms with Gasteiger partial charge in [-0.25, -0.2) is 0 Å². The summed E-state index contributed by atoms with van der Waals surface area (Å²) >= 11 is 17.8. The smallest absolute Gasteiger partial charge is 0.119 e.